The first-order chi connectivity index (χ1) is 9.71. The van der Waals surface area contributed by atoms with Gasteiger partial charge < -0.3 is 20.3 Å². The highest BCUT2D eigenvalue weighted by molar-refractivity contribution is 5.80. The predicted molar refractivity (Wildman–Crippen MR) is 85.5 cm³/mol. The molecule has 1 saturated heterocycles. The zero-order valence-electron chi connectivity index (χ0n) is 14.2. The maximum Gasteiger partial charge on any atom is 0.410 e. The summed E-state index contributed by atoms with van der Waals surface area (Å²) in [5.41, 5.74) is -0.441. The van der Waals surface area contributed by atoms with Crippen LogP contribution in [-0.2, 0) is 4.74 Å². The zero-order chi connectivity index (χ0) is 16.0. The summed E-state index contributed by atoms with van der Waals surface area (Å²) in [6.45, 7) is 14.9. The molecule has 0 aromatic rings. The maximum absolute atomic E-state index is 11.8. The Labute approximate surface area is 128 Å². The largest absolute Gasteiger partial charge is 0.444 e. The summed E-state index contributed by atoms with van der Waals surface area (Å²) in [5, 5.41) is 6.57. The Morgan fingerprint density at radius 1 is 1.38 bits per heavy atom. The van der Waals surface area contributed by atoms with Gasteiger partial charge in [0.25, 0.3) is 0 Å². The van der Waals surface area contributed by atoms with Gasteiger partial charge in [-0.05, 0) is 33.6 Å². The first-order valence-corrected chi connectivity index (χ1v) is 7.74. The van der Waals surface area contributed by atoms with E-state index in [9.17, 15) is 4.79 Å². The second-order valence-electron chi connectivity index (χ2n) is 6.84. The molecule has 0 aromatic heterocycles. The second kappa shape index (κ2) is 7.52. The molecule has 6 heteroatoms. The van der Waals surface area contributed by atoms with Crippen LogP contribution in [0.15, 0.2) is 4.99 Å². The van der Waals surface area contributed by atoms with E-state index < -0.39 is 5.60 Å². The monoisotopic (exact) mass is 298 g/mol. The molecule has 1 aliphatic heterocycles. The Morgan fingerprint density at radius 2 is 2.00 bits per heavy atom. The predicted octanol–water partition coefficient (Wildman–Crippen LogP) is 1.82. The number of hydrogen-bond donors (Lipinski definition) is 2. The Kier molecular flexibility index (Phi) is 6.30. The van der Waals surface area contributed by atoms with Crippen molar-refractivity contribution in [3.8, 4) is 0 Å². The summed E-state index contributed by atoms with van der Waals surface area (Å²) >= 11 is 0. The minimum Gasteiger partial charge on any atom is -0.444 e. The lowest BCUT2D eigenvalue weighted by Gasteiger charge is -2.40. The van der Waals surface area contributed by atoms with E-state index in [0.717, 1.165) is 19.0 Å². The molecule has 0 aromatic carbocycles. The molecular formula is C15H30N4O2. The Bertz CT molecular complexity index is 368. The Hall–Kier alpha value is -1.46. The minimum absolute atomic E-state index is 0.238. The van der Waals surface area contributed by atoms with Gasteiger partial charge >= 0.3 is 6.09 Å². The van der Waals surface area contributed by atoms with E-state index in [0.29, 0.717) is 19.0 Å². The van der Waals surface area contributed by atoms with Gasteiger partial charge in [-0.1, -0.05) is 13.8 Å². The molecule has 0 bridgehead atoms. The number of nitrogens with one attached hydrogen (secondary N) is 2. The van der Waals surface area contributed by atoms with E-state index in [1.54, 1.807) is 4.90 Å². The molecule has 1 rings (SSSR count). The minimum atomic E-state index is -0.441. The number of aliphatic imine (C=N–C) groups is 1. The van der Waals surface area contributed by atoms with Gasteiger partial charge in [0.2, 0.25) is 0 Å². The van der Waals surface area contributed by atoms with E-state index in [1.165, 1.54) is 0 Å². The summed E-state index contributed by atoms with van der Waals surface area (Å²) in [4.78, 5) is 18.1. The summed E-state index contributed by atoms with van der Waals surface area (Å²) in [7, 11) is 0. The second-order valence-corrected chi connectivity index (χ2v) is 6.84. The average molecular weight is 298 g/mol. The van der Waals surface area contributed by atoms with Gasteiger partial charge in [-0.25, -0.2) is 4.79 Å². The van der Waals surface area contributed by atoms with Crippen LogP contribution in [0.3, 0.4) is 0 Å². The third-order valence-electron chi connectivity index (χ3n) is 2.83. The number of likely N-dealkylation sites (tertiary alicyclic amines) is 1. The maximum atomic E-state index is 11.8. The highest BCUT2D eigenvalue weighted by Gasteiger charge is 2.34. The normalized spacial score (nSPS) is 16.7. The molecule has 1 heterocycles. The molecule has 0 aliphatic carbocycles. The molecule has 6 nitrogen and oxygen atoms in total. The molecule has 1 aliphatic rings. The highest BCUT2D eigenvalue weighted by atomic mass is 16.6. The van der Waals surface area contributed by atoms with Crippen LogP contribution in [-0.4, -0.2) is 54.8 Å². The van der Waals surface area contributed by atoms with E-state index in [1.807, 2.05) is 27.7 Å². The molecule has 21 heavy (non-hydrogen) atoms. The van der Waals surface area contributed by atoms with Gasteiger partial charge in [0, 0.05) is 26.2 Å². The van der Waals surface area contributed by atoms with Crippen molar-refractivity contribution in [1.29, 1.82) is 0 Å². The fourth-order valence-electron chi connectivity index (χ4n) is 1.83. The van der Waals surface area contributed by atoms with Gasteiger partial charge in [-0.15, -0.1) is 0 Å². The van der Waals surface area contributed by atoms with Crippen LogP contribution in [0.2, 0.25) is 0 Å². The fourth-order valence-corrected chi connectivity index (χ4v) is 1.83. The van der Waals surface area contributed by atoms with Crippen molar-refractivity contribution in [3.63, 3.8) is 0 Å². The van der Waals surface area contributed by atoms with E-state index in [-0.39, 0.29) is 12.1 Å². The molecule has 122 valence electrons. The van der Waals surface area contributed by atoms with Crippen molar-refractivity contribution in [3.05, 3.63) is 0 Å². The summed E-state index contributed by atoms with van der Waals surface area (Å²) in [6.07, 6.45) is -0.246. The van der Waals surface area contributed by atoms with Crippen LogP contribution in [0.25, 0.3) is 0 Å². The van der Waals surface area contributed by atoms with Crippen molar-refractivity contribution < 1.29 is 9.53 Å². The number of amides is 1. The van der Waals surface area contributed by atoms with Crippen LogP contribution >= 0.6 is 0 Å². The summed E-state index contributed by atoms with van der Waals surface area (Å²) < 4.78 is 5.33. The quantitative estimate of drug-likeness (QED) is 0.614. The zero-order valence-corrected chi connectivity index (χ0v) is 14.2. The lowest BCUT2D eigenvalue weighted by atomic mass is 10.1. The van der Waals surface area contributed by atoms with Crippen molar-refractivity contribution in [2.45, 2.75) is 53.2 Å². The topological polar surface area (TPSA) is 66.0 Å². The Balaban J connectivity index is 2.38. The van der Waals surface area contributed by atoms with Crippen molar-refractivity contribution in [1.82, 2.24) is 15.5 Å². The number of rotatable bonds is 4. The number of carbonyl (C=O) groups is 1. The lowest BCUT2D eigenvalue weighted by Crippen LogP contribution is -2.63. The average Bonchev–Trinajstić information content (AvgIpc) is 2.27. The number of nitrogens with zero attached hydrogens (tertiary/aromatic N) is 2. The van der Waals surface area contributed by atoms with Gasteiger partial charge in [0.1, 0.15) is 5.60 Å². The number of ether oxygens (including phenoxy) is 1. The van der Waals surface area contributed by atoms with Crippen LogP contribution in [0, 0.1) is 5.92 Å². The summed E-state index contributed by atoms with van der Waals surface area (Å²) in [6, 6.07) is 0.238. The standard InChI is InChI=1S/C15H30N4O2/c1-7-16-13(17-8-11(2)3)18-12-9-19(10-12)14(20)21-15(4,5)6/h11-12H,7-10H2,1-6H3,(H2,16,17,18). The molecule has 2 N–H and O–H groups in total. The van der Waals surface area contributed by atoms with Gasteiger partial charge in [-0.2, -0.15) is 0 Å². The third-order valence-corrected chi connectivity index (χ3v) is 2.83. The first-order valence-electron chi connectivity index (χ1n) is 7.74. The number of hydrogen-bond acceptors (Lipinski definition) is 3. The molecule has 0 radical (unpaired) electrons. The first kappa shape index (κ1) is 17.6. The van der Waals surface area contributed by atoms with E-state index >= 15 is 0 Å². The number of carbonyl (C=O) groups excluding carboxylic acids is 1. The molecule has 0 saturated carbocycles. The molecule has 0 spiro atoms. The van der Waals surface area contributed by atoms with Crippen molar-refractivity contribution >= 4 is 12.1 Å². The van der Waals surface area contributed by atoms with Crippen LogP contribution < -0.4 is 10.6 Å². The van der Waals surface area contributed by atoms with Gasteiger partial charge in [-0.3, -0.25) is 4.99 Å². The highest BCUT2D eigenvalue weighted by Crippen LogP contribution is 2.15. The molecule has 1 amide bonds. The van der Waals surface area contributed by atoms with Gasteiger partial charge in [0.05, 0.1) is 6.04 Å². The molecule has 0 unspecified atom stereocenters. The van der Waals surface area contributed by atoms with E-state index in [2.05, 4.69) is 29.5 Å². The number of guanidine groups is 1. The SMILES string of the molecule is CCNC(=NCC(C)C)NC1CN(C(=O)OC(C)(C)C)C1. The molecule has 1 fully saturated rings. The summed E-state index contributed by atoms with van der Waals surface area (Å²) in [5.74, 6) is 1.35. The smallest absolute Gasteiger partial charge is 0.410 e. The lowest BCUT2D eigenvalue weighted by molar-refractivity contribution is 0.00701. The van der Waals surface area contributed by atoms with Crippen LogP contribution in [0.4, 0.5) is 4.79 Å². The molecule has 0 atom stereocenters. The van der Waals surface area contributed by atoms with Gasteiger partial charge in [0.15, 0.2) is 5.96 Å². The van der Waals surface area contributed by atoms with Crippen molar-refractivity contribution in [2.75, 3.05) is 26.2 Å². The van der Waals surface area contributed by atoms with Crippen LogP contribution in [0.5, 0.6) is 0 Å². The van der Waals surface area contributed by atoms with Crippen LogP contribution in [0.1, 0.15) is 41.5 Å². The fraction of sp³-hybridized carbons (Fsp3) is 0.867. The molecular weight excluding hydrogens is 268 g/mol. The van der Waals surface area contributed by atoms with Crippen molar-refractivity contribution in [2.24, 2.45) is 10.9 Å². The Morgan fingerprint density at radius 3 is 2.48 bits per heavy atom. The third kappa shape index (κ3) is 6.69. The van der Waals surface area contributed by atoms with E-state index in [4.69, 9.17) is 4.74 Å².